The summed E-state index contributed by atoms with van der Waals surface area (Å²) in [7, 11) is 0. The van der Waals surface area contributed by atoms with E-state index in [1.807, 2.05) is 24.3 Å². The average molecular weight is 350 g/mol. The van der Waals surface area contributed by atoms with Crippen molar-refractivity contribution in [2.45, 2.75) is 13.0 Å². The molecule has 1 aromatic carbocycles. The molecular weight excluding hydrogens is 336 g/mol. The fraction of sp³-hybridized carbons (Fsp3) is 0.118. The highest BCUT2D eigenvalue weighted by atomic mass is 16.2. The minimum Gasteiger partial charge on any atom is -0.342 e. The molecule has 4 N–H and O–H groups in total. The highest BCUT2D eigenvalue weighted by Crippen LogP contribution is 2.16. The van der Waals surface area contributed by atoms with E-state index in [-0.39, 0.29) is 22.6 Å². The molecular formula is C17H14N6O3. The number of benzene rings is 1. The lowest BCUT2D eigenvalue weighted by Gasteiger charge is -2.11. The van der Waals surface area contributed by atoms with Gasteiger partial charge in [-0.3, -0.25) is 19.6 Å². The molecule has 1 unspecified atom stereocenters. The maximum Gasteiger partial charge on any atom is 0.327 e. The van der Waals surface area contributed by atoms with Crippen molar-refractivity contribution >= 4 is 28.0 Å². The van der Waals surface area contributed by atoms with E-state index >= 15 is 0 Å². The summed E-state index contributed by atoms with van der Waals surface area (Å²) in [4.78, 5) is 51.7. The van der Waals surface area contributed by atoms with Crippen LogP contribution in [0.4, 0.5) is 0 Å². The van der Waals surface area contributed by atoms with Crippen LogP contribution in [-0.2, 0) is 0 Å². The van der Waals surface area contributed by atoms with E-state index in [2.05, 4.69) is 30.2 Å². The van der Waals surface area contributed by atoms with Crippen LogP contribution in [0.15, 0.2) is 46.1 Å². The zero-order valence-corrected chi connectivity index (χ0v) is 13.7. The zero-order chi connectivity index (χ0) is 18.3. The molecule has 0 aliphatic carbocycles. The Hall–Kier alpha value is -3.75. The number of para-hydroxylation sites is 2. The molecule has 3 aromatic heterocycles. The number of fused-ring (bicyclic) bond motifs is 2. The van der Waals surface area contributed by atoms with Crippen LogP contribution in [0.3, 0.4) is 0 Å². The van der Waals surface area contributed by atoms with Gasteiger partial charge >= 0.3 is 5.69 Å². The highest BCUT2D eigenvalue weighted by molar-refractivity contribution is 5.96. The Labute approximate surface area is 145 Å². The van der Waals surface area contributed by atoms with Crippen LogP contribution in [0, 0.1) is 0 Å². The third-order valence-electron chi connectivity index (χ3n) is 4.02. The summed E-state index contributed by atoms with van der Waals surface area (Å²) >= 11 is 0. The standard InChI is InChI=1S/C17H14N6O3/c1-8(13-20-11-4-2-3-5-12(11)21-13)19-15(24)9-6-10-14(18-7-9)22-17(26)23-16(10)25/h2-8H,1H3,(H,19,24)(H,20,21)(H2,18,22,23,25,26). The second-order valence-electron chi connectivity index (χ2n) is 5.86. The van der Waals surface area contributed by atoms with Gasteiger partial charge in [0.25, 0.3) is 11.5 Å². The number of aromatic nitrogens is 5. The maximum absolute atomic E-state index is 12.5. The van der Waals surface area contributed by atoms with Gasteiger partial charge in [0.1, 0.15) is 11.5 Å². The number of nitrogens with zero attached hydrogens (tertiary/aromatic N) is 2. The monoisotopic (exact) mass is 350 g/mol. The molecule has 0 saturated carbocycles. The number of carbonyl (C=O) groups excluding carboxylic acids is 1. The van der Waals surface area contributed by atoms with Crippen LogP contribution in [0.2, 0.25) is 0 Å². The number of aromatic amines is 3. The second-order valence-corrected chi connectivity index (χ2v) is 5.86. The maximum atomic E-state index is 12.5. The third-order valence-corrected chi connectivity index (χ3v) is 4.02. The van der Waals surface area contributed by atoms with Crippen molar-refractivity contribution in [3.63, 3.8) is 0 Å². The quantitative estimate of drug-likeness (QED) is 0.436. The minimum absolute atomic E-state index is 0.126. The number of imidazole rings is 1. The molecule has 3 heterocycles. The fourth-order valence-electron chi connectivity index (χ4n) is 2.70. The van der Waals surface area contributed by atoms with Gasteiger partial charge in [-0.15, -0.1) is 0 Å². The SMILES string of the molecule is CC(NC(=O)c1cnc2[nH]c(=O)[nH]c(=O)c2c1)c1nc2ccccc2[nH]1. The number of hydrogen-bond acceptors (Lipinski definition) is 5. The first kappa shape index (κ1) is 15.8. The normalized spacial score (nSPS) is 12.3. The summed E-state index contributed by atoms with van der Waals surface area (Å²) < 4.78 is 0. The molecule has 0 spiro atoms. The van der Waals surface area contributed by atoms with Crippen molar-refractivity contribution in [2.24, 2.45) is 0 Å². The number of amides is 1. The van der Waals surface area contributed by atoms with Crippen molar-refractivity contribution in [1.82, 2.24) is 30.2 Å². The lowest BCUT2D eigenvalue weighted by Crippen LogP contribution is -2.28. The highest BCUT2D eigenvalue weighted by Gasteiger charge is 2.16. The van der Waals surface area contributed by atoms with Crippen molar-refractivity contribution in [3.8, 4) is 0 Å². The Bertz CT molecular complexity index is 1220. The van der Waals surface area contributed by atoms with Gasteiger partial charge in [0.05, 0.1) is 28.0 Å². The number of pyridine rings is 1. The van der Waals surface area contributed by atoms with Gasteiger partial charge < -0.3 is 10.3 Å². The number of rotatable bonds is 3. The molecule has 130 valence electrons. The summed E-state index contributed by atoms with van der Waals surface area (Å²) in [5, 5.41) is 2.95. The summed E-state index contributed by atoms with van der Waals surface area (Å²) in [6.07, 6.45) is 1.30. The Kier molecular flexibility index (Phi) is 3.61. The first-order valence-electron chi connectivity index (χ1n) is 7.89. The minimum atomic E-state index is -0.647. The number of H-pyrrole nitrogens is 3. The molecule has 0 bridgehead atoms. The van der Waals surface area contributed by atoms with Crippen molar-refractivity contribution in [2.75, 3.05) is 0 Å². The van der Waals surface area contributed by atoms with Gasteiger partial charge in [-0.05, 0) is 25.1 Å². The second kappa shape index (κ2) is 5.96. The van der Waals surface area contributed by atoms with Crippen LogP contribution >= 0.6 is 0 Å². The number of carbonyl (C=O) groups is 1. The first-order chi connectivity index (χ1) is 12.5. The van der Waals surface area contributed by atoms with Crippen LogP contribution in [-0.4, -0.2) is 30.8 Å². The van der Waals surface area contributed by atoms with Gasteiger partial charge in [-0.1, -0.05) is 12.1 Å². The van der Waals surface area contributed by atoms with Crippen LogP contribution in [0.1, 0.15) is 29.1 Å². The van der Waals surface area contributed by atoms with E-state index in [1.165, 1.54) is 12.3 Å². The summed E-state index contributed by atoms with van der Waals surface area (Å²) in [5.41, 5.74) is 0.776. The molecule has 4 rings (SSSR count). The van der Waals surface area contributed by atoms with Gasteiger partial charge in [0.15, 0.2) is 0 Å². The predicted molar refractivity (Wildman–Crippen MR) is 95.0 cm³/mol. The largest absolute Gasteiger partial charge is 0.342 e. The summed E-state index contributed by atoms with van der Waals surface area (Å²) in [5.74, 6) is 0.216. The molecule has 9 nitrogen and oxygen atoms in total. The zero-order valence-electron chi connectivity index (χ0n) is 13.7. The molecule has 0 aliphatic rings. The van der Waals surface area contributed by atoms with Crippen LogP contribution in [0.5, 0.6) is 0 Å². The number of hydrogen-bond donors (Lipinski definition) is 4. The Morgan fingerprint density at radius 2 is 1.96 bits per heavy atom. The number of nitrogens with one attached hydrogen (secondary N) is 4. The van der Waals surface area contributed by atoms with E-state index in [0.29, 0.717) is 5.82 Å². The molecule has 0 radical (unpaired) electrons. The van der Waals surface area contributed by atoms with Crippen molar-refractivity contribution in [1.29, 1.82) is 0 Å². The van der Waals surface area contributed by atoms with Crippen molar-refractivity contribution in [3.05, 3.63) is 68.8 Å². The van der Waals surface area contributed by atoms with Crippen LogP contribution in [0.25, 0.3) is 22.1 Å². The Morgan fingerprint density at radius 3 is 2.77 bits per heavy atom. The molecule has 1 atom stereocenters. The molecule has 1 amide bonds. The molecule has 9 heteroatoms. The molecule has 4 aromatic rings. The Balaban J connectivity index is 1.62. The molecule has 0 fully saturated rings. The molecule has 0 aliphatic heterocycles. The average Bonchev–Trinajstić information content (AvgIpc) is 3.05. The van der Waals surface area contributed by atoms with Crippen LogP contribution < -0.4 is 16.6 Å². The Morgan fingerprint density at radius 1 is 1.15 bits per heavy atom. The first-order valence-corrected chi connectivity index (χ1v) is 7.89. The lowest BCUT2D eigenvalue weighted by molar-refractivity contribution is 0.0938. The smallest absolute Gasteiger partial charge is 0.327 e. The van der Waals surface area contributed by atoms with Gasteiger partial charge in [0.2, 0.25) is 0 Å². The van der Waals surface area contributed by atoms with Gasteiger partial charge in [0, 0.05) is 6.20 Å². The molecule has 26 heavy (non-hydrogen) atoms. The van der Waals surface area contributed by atoms with Gasteiger partial charge in [-0.25, -0.2) is 14.8 Å². The fourth-order valence-corrected chi connectivity index (χ4v) is 2.70. The predicted octanol–water partition coefficient (Wildman–Crippen LogP) is 0.979. The topological polar surface area (TPSA) is 136 Å². The van der Waals surface area contributed by atoms with E-state index in [1.54, 1.807) is 6.92 Å². The van der Waals surface area contributed by atoms with Gasteiger partial charge in [-0.2, -0.15) is 0 Å². The van der Waals surface area contributed by atoms with E-state index in [9.17, 15) is 14.4 Å². The summed E-state index contributed by atoms with van der Waals surface area (Å²) in [6.45, 7) is 1.80. The molecule has 0 saturated heterocycles. The third kappa shape index (κ3) is 2.75. The van der Waals surface area contributed by atoms with E-state index in [4.69, 9.17) is 0 Å². The van der Waals surface area contributed by atoms with E-state index in [0.717, 1.165) is 11.0 Å². The lowest BCUT2D eigenvalue weighted by atomic mass is 10.2. The van der Waals surface area contributed by atoms with E-state index < -0.39 is 17.2 Å². The van der Waals surface area contributed by atoms with Crippen molar-refractivity contribution < 1.29 is 4.79 Å². The summed E-state index contributed by atoms with van der Waals surface area (Å²) in [6, 6.07) is 8.58.